The number of nitrogens with zero attached hydrogens (tertiary/aromatic N) is 2. The minimum atomic E-state index is -0.806. The highest BCUT2D eigenvalue weighted by Gasteiger charge is 2.18. The highest BCUT2D eigenvalue weighted by Crippen LogP contribution is 2.23. The van der Waals surface area contributed by atoms with Crippen molar-refractivity contribution in [1.29, 1.82) is 0 Å². The lowest BCUT2D eigenvalue weighted by molar-refractivity contribution is 0.107. The fourth-order valence-electron chi connectivity index (χ4n) is 2.05. The fourth-order valence-corrected chi connectivity index (χ4v) is 3.37. The predicted octanol–water partition coefficient (Wildman–Crippen LogP) is 3.68. The number of hydrogen-bond donors (Lipinski definition) is 1. The van der Waals surface area contributed by atoms with Crippen LogP contribution in [0.4, 0.5) is 0 Å². The quantitative estimate of drug-likeness (QED) is 0.630. The molecule has 6 heteroatoms. The van der Waals surface area contributed by atoms with E-state index in [-0.39, 0.29) is 5.56 Å². The van der Waals surface area contributed by atoms with Gasteiger partial charge in [-0.1, -0.05) is 41.5 Å². The Morgan fingerprint density at radius 2 is 2.09 bits per heavy atom. The molecule has 0 amide bonds. The van der Waals surface area contributed by atoms with Gasteiger partial charge in [-0.25, -0.2) is 4.98 Å². The number of aromatic nitrogens is 2. The molecule has 0 unspecified atom stereocenters. The summed E-state index contributed by atoms with van der Waals surface area (Å²) in [5.41, 5.74) is -0.149. The molecule has 22 heavy (non-hydrogen) atoms. The first-order valence-electron chi connectivity index (χ1n) is 7.22. The zero-order chi connectivity index (χ0) is 16.5. The van der Waals surface area contributed by atoms with Crippen molar-refractivity contribution in [2.75, 3.05) is 5.75 Å². The molecule has 0 radical (unpaired) electrons. The summed E-state index contributed by atoms with van der Waals surface area (Å²) in [6, 6.07) is 5.53. The van der Waals surface area contributed by atoms with Crippen LogP contribution in [0, 0.1) is 5.92 Å². The second-order valence-electron chi connectivity index (χ2n) is 6.47. The van der Waals surface area contributed by atoms with Crippen molar-refractivity contribution >= 4 is 38.6 Å². The Morgan fingerprint density at radius 3 is 2.68 bits per heavy atom. The first-order chi connectivity index (χ1) is 10.2. The van der Waals surface area contributed by atoms with Gasteiger partial charge in [-0.3, -0.25) is 9.36 Å². The minimum Gasteiger partial charge on any atom is -0.390 e. The van der Waals surface area contributed by atoms with Gasteiger partial charge in [0.2, 0.25) is 0 Å². The predicted molar refractivity (Wildman–Crippen MR) is 95.6 cm³/mol. The minimum absolute atomic E-state index is 0.0294. The number of benzene rings is 1. The van der Waals surface area contributed by atoms with Crippen LogP contribution in [0.15, 0.2) is 32.6 Å². The van der Waals surface area contributed by atoms with Gasteiger partial charge in [-0.05, 0) is 38.0 Å². The Hall–Kier alpha value is -0.850. The van der Waals surface area contributed by atoms with Gasteiger partial charge in [0, 0.05) is 16.8 Å². The third kappa shape index (κ3) is 4.33. The summed E-state index contributed by atoms with van der Waals surface area (Å²) in [4.78, 5) is 17.4. The molecule has 0 aliphatic carbocycles. The van der Waals surface area contributed by atoms with E-state index in [1.165, 1.54) is 11.8 Å². The van der Waals surface area contributed by atoms with Crippen molar-refractivity contribution in [2.24, 2.45) is 5.92 Å². The topological polar surface area (TPSA) is 55.1 Å². The van der Waals surface area contributed by atoms with Gasteiger partial charge < -0.3 is 5.11 Å². The lowest BCUT2D eigenvalue weighted by atomic mass is 10.2. The number of rotatable bonds is 5. The maximum Gasteiger partial charge on any atom is 0.262 e. The highest BCUT2D eigenvalue weighted by molar-refractivity contribution is 9.10. The summed E-state index contributed by atoms with van der Waals surface area (Å²) in [5, 5.41) is 11.2. The molecule has 0 saturated heterocycles. The number of fused-ring (bicyclic) bond motifs is 1. The molecule has 0 fully saturated rings. The average molecular weight is 385 g/mol. The number of halogens is 1. The van der Waals surface area contributed by atoms with Gasteiger partial charge in [-0.15, -0.1) is 0 Å². The maximum absolute atomic E-state index is 12.8. The van der Waals surface area contributed by atoms with Crippen LogP contribution in [0.2, 0.25) is 0 Å². The molecule has 4 nitrogen and oxygen atoms in total. The molecular formula is C16H21BrN2O2S. The highest BCUT2D eigenvalue weighted by atomic mass is 79.9. The lowest BCUT2D eigenvalue weighted by Crippen LogP contribution is -2.27. The fraction of sp³-hybridized carbons (Fsp3) is 0.500. The van der Waals surface area contributed by atoms with E-state index >= 15 is 0 Å². The van der Waals surface area contributed by atoms with Gasteiger partial charge in [0.1, 0.15) is 0 Å². The third-order valence-corrected chi connectivity index (χ3v) is 4.90. The molecule has 0 aliphatic heterocycles. The second-order valence-corrected chi connectivity index (χ2v) is 8.32. The number of thioether (sulfide) groups is 1. The van der Waals surface area contributed by atoms with Crippen LogP contribution >= 0.6 is 27.7 Å². The van der Waals surface area contributed by atoms with Gasteiger partial charge >= 0.3 is 0 Å². The Bertz CT molecular complexity index is 735. The van der Waals surface area contributed by atoms with E-state index in [1.54, 1.807) is 18.4 Å². The summed E-state index contributed by atoms with van der Waals surface area (Å²) < 4.78 is 2.59. The van der Waals surface area contributed by atoms with Crippen LogP contribution in [0.3, 0.4) is 0 Å². The van der Waals surface area contributed by atoms with Crippen molar-refractivity contribution in [3.8, 4) is 0 Å². The van der Waals surface area contributed by atoms with Crippen molar-refractivity contribution in [3.05, 3.63) is 33.0 Å². The smallest absolute Gasteiger partial charge is 0.262 e. The van der Waals surface area contributed by atoms with Crippen molar-refractivity contribution in [2.45, 2.75) is 45.0 Å². The van der Waals surface area contributed by atoms with E-state index in [2.05, 4.69) is 34.8 Å². The summed E-state index contributed by atoms with van der Waals surface area (Å²) in [6.07, 6.45) is 0. The van der Waals surface area contributed by atoms with E-state index in [4.69, 9.17) is 0 Å². The molecule has 1 N–H and O–H groups in total. The van der Waals surface area contributed by atoms with Crippen LogP contribution in [-0.4, -0.2) is 26.0 Å². The SMILES string of the molecule is CC(C)Cn1c(SCC(C)(C)O)nc2ccc(Br)cc2c1=O. The van der Waals surface area contributed by atoms with E-state index in [0.717, 1.165) is 4.47 Å². The van der Waals surface area contributed by atoms with E-state index in [0.29, 0.717) is 34.3 Å². The van der Waals surface area contributed by atoms with Crippen molar-refractivity contribution in [1.82, 2.24) is 9.55 Å². The van der Waals surface area contributed by atoms with Crippen LogP contribution in [0.1, 0.15) is 27.7 Å². The second kappa shape index (κ2) is 6.72. The summed E-state index contributed by atoms with van der Waals surface area (Å²) in [7, 11) is 0. The lowest BCUT2D eigenvalue weighted by Gasteiger charge is -2.19. The van der Waals surface area contributed by atoms with E-state index in [9.17, 15) is 9.90 Å². The molecule has 1 aromatic carbocycles. The molecule has 2 aromatic rings. The number of hydrogen-bond acceptors (Lipinski definition) is 4. The van der Waals surface area contributed by atoms with Crippen LogP contribution in [0.25, 0.3) is 10.9 Å². The molecule has 0 atom stereocenters. The molecule has 1 heterocycles. The van der Waals surface area contributed by atoms with Gasteiger partial charge in [0.25, 0.3) is 5.56 Å². The van der Waals surface area contributed by atoms with Crippen LogP contribution < -0.4 is 5.56 Å². The van der Waals surface area contributed by atoms with Gasteiger partial charge in [-0.2, -0.15) is 0 Å². The van der Waals surface area contributed by atoms with Crippen molar-refractivity contribution < 1.29 is 5.11 Å². The molecule has 0 spiro atoms. The summed E-state index contributed by atoms with van der Waals surface area (Å²) >= 11 is 4.82. The monoisotopic (exact) mass is 384 g/mol. The van der Waals surface area contributed by atoms with Gasteiger partial charge in [0.15, 0.2) is 5.16 Å². The molecule has 120 valence electrons. The molecular weight excluding hydrogens is 364 g/mol. The molecule has 0 aliphatic rings. The summed E-state index contributed by atoms with van der Waals surface area (Å²) in [6.45, 7) is 8.26. The van der Waals surface area contributed by atoms with Crippen LogP contribution in [-0.2, 0) is 6.54 Å². The normalized spacial score (nSPS) is 12.3. The Kier molecular flexibility index (Phi) is 5.35. The number of aliphatic hydroxyl groups is 1. The van der Waals surface area contributed by atoms with Crippen LogP contribution in [0.5, 0.6) is 0 Å². The molecule has 0 saturated carbocycles. The largest absolute Gasteiger partial charge is 0.390 e. The first kappa shape index (κ1) is 17.5. The van der Waals surface area contributed by atoms with Crippen molar-refractivity contribution in [3.63, 3.8) is 0 Å². The van der Waals surface area contributed by atoms with E-state index < -0.39 is 5.60 Å². The zero-order valence-corrected chi connectivity index (χ0v) is 15.7. The average Bonchev–Trinajstić information content (AvgIpc) is 2.39. The molecule has 1 aromatic heterocycles. The maximum atomic E-state index is 12.8. The van der Waals surface area contributed by atoms with Gasteiger partial charge in [0.05, 0.1) is 16.5 Å². The molecule has 2 rings (SSSR count). The van der Waals surface area contributed by atoms with E-state index in [1.807, 2.05) is 18.2 Å². The Labute approximate surface area is 143 Å². The zero-order valence-electron chi connectivity index (χ0n) is 13.3. The Balaban J connectivity index is 2.57. The third-order valence-electron chi connectivity index (χ3n) is 2.98. The molecule has 0 bridgehead atoms. The summed E-state index contributed by atoms with van der Waals surface area (Å²) in [5.74, 6) is 0.824. The standard InChI is InChI=1S/C16H21BrN2O2S/c1-10(2)8-19-14(20)12-7-11(17)5-6-13(12)18-15(19)22-9-16(3,4)21/h5-7,10,21H,8-9H2,1-4H3. The Morgan fingerprint density at radius 1 is 1.41 bits per heavy atom. The first-order valence-corrected chi connectivity index (χ1v) is 9.00.